The third-order valence-corrected chi connectivity index (χ3v) is 5.45. The summed E-state index contributed by atoms with van der Waals surface area (Å²) in [7, 11) is 0. The van der Waals surface area contributed by atoms with E-state index in [9.17, 15) is 32.0 Å². The SMILES string of the molecule is CC(C#N)(COc1cc(Cl)ccc1Oc1cc(Br)c(F)cc1F)NC(=O)c1ccc(OC(F)(F)F)cc1. The Kier molecular flexibility index (Phi) is 8.50. The molecule has 0 aromatic heterocycles. The molecule has 1 N–H and O–H groups in total. The van der Waals surface area contributed by atoms with Crippen LogP contribution in [0.1, 0.15) is 17.3 Å². The summed E-state index contributed by atoms with van der Waals surface area (Å²) < 4.78 is 79.5. The van der Waals surface area contributed by atoms with E-state index in [0.717, 1.165) is 30.3 Å². The number of nitriles is 1. The maximum atomic E-state index is 14.2. The Morgan fingerprint density at radius 3 is 2.32 bits per heavy atom. The standard InChI is InChI=1S/C24H15BrClF5N2O4/c1-23(11-32,33-22(34)13-2-5-15(6-3-13)37-24(29,30)31)12-35-21-8-14(26)4-7-19(21)36-20-9-16(25)17(27)10-18(20)28/h2-10H,12H2,1H3,(H,33,34). The maximum Gasteiger partial charge on any atom is 0.573 e. The van der Waals surface area contributed by atoms with Crippen LogP contribution in [0.15, 0.2) is 59.1 Å². The molecule has 3 aromatic rings. The van der Waals surface area contributed by atoms with Gasteiger partial charge in [0.25, 0.3) is 5.91 Å². The molecule has 1 unspecified atom stereocenters. The first-order valence-electron chi connectivity index (χ1n) is 10.1. The van der Waals surface area contributed by atoms with Gasteiger partial charge in [-0.3, -0.25) is 4.79 Å². The number of carbonyl (C=O) groups is 1. The Hall–Kier alpha value is -3.56. The van der Waals surface area contributed by atoms with Crippen LogP contribution in [-0.2, 0) is 0 Å². The van der Waals surface area contributed by atoms with Gasteiger partial charge in [-0.15, -0.1) is 13.2 Å². The molecule has 0 bridgehead atoms. The van der Waals surface area contributed by atoms with Gasteiger partial charge in [-0.25, -0.2) is 8.78 Å². The van der Waals surface area contributed by atoms with E-state index in [4.69, 9.17) is 21.1 Å². The summed E-state index contributed by atoms with van der Waals surface area (Å²) >= 11 is 8.96. The smallest absolute Gasteiger partial charge is 0.486 e. The number of nitrogens with one attached hydrogen (secondary N) is 1. The lowest BCUT2D eigenvalue weighted by atomic mass is 10.0. The molecule has 0 saturated heterocycles. The van der Waals surface area contributed by atoms with Gasteiger partial charge >= 0.3 is 6.36 Å². The highest BCUT2D eigenvalue weighted by Crippen LogP contribution is 2.37. The van der Waals surface area contributed by atoms with Crippen molar-refractivity contribution in [3.05, 3.63) is 81.3 Å². The van der Waals surface area contributed by atoms with Crippen molar-refractivity contribution in [2.24, 2.45) is 0 Å². The molecule has 37 heavy (non-hydrogen) atoms. The normalized spacial score (nSPS) is 12.7. The fourth-order valence-electron chi connectivity index (χ4n) is 2.83. The Morgan fingerprint density at radius 1 is 1.03 bits per heavy atom. The molecule has 0 saturated carbocycles. The number of hydrogen-bond acceptors (Lipinski definition) is 5. The van der Waals surface area contributed by atoms with Gasteiger partial charge in [-0.05, 0) is 59.3 Å². The largest absolute Gasteiger partial charge is 0.573 e. The molecule has 0 spiro atoms. The highest BCUT2D eigenvalue weighted by atomic mass is 79.9. The van der Waals surface area contributed by atoms with Crippen molar-refractivity contribution in [1.29, 1.82) is 5.26 Å². The molecule has 13 heteroatoms. The van der Waals surface area contributed by atoms with Crippen LogP contribution in [0.5, 0.6) is 23.0 Å². The van der Waals surface area contributed by atoms with Gasteiger partial charge in [0, 0.05) is 28.8 Å². The fourth-order valence-corrected chi connectivity index (χ4v) is 3.31. The predicted octanol–water partition coefficient (Wildman–Crippen LogP) is 7.16. The van der Waals surface area contributed by atoms with Crippen molar-refractivity contribution in [3.8, 4) is 29.1 Å². The van der Waals surface area contributed by atoms with Crippen LogP contribution in [0.25, 0.3) is 0 Å². The molecule has 1 atom stereocenters. The molecule has 0 fully saturated rings. The van der Waals surface area contributed by atoms with Crippen molar-refractivity contribution < 1.29 is 41.0 Å². The van der Waals surface area contributed by atoms with Gasteiger partial charge in [-0.1, -0.05) is 11.6 Å². The minimum atomic E-state index is -4.89. The lowest BCUT2D eigenvalue weighted by molar-refractivity contribution is -0.274. The third kappa shape index (κ3) is 7.71. The first-order valence-corrected chi connectivity index (χ1v) is 11.3. The maximum absolute atomic E-state index is 14.2. The highest BCUT2D eigenvalue weighted by molar-refractivity contribution is 9.10. The van der Waals surface area contributed by atoms with Gasteiger partial charge in [0.2, 0.25) is 0 Å². The van der Waals surface area contributed by atoms with Crippen molar-refractivity contribution in [1.82, 2.24) is 5.32 Å². The zero-order valence-corrected chi connectivity index (χ0v) is 21.0. The predicted molar refractivity (Wildman–Crippen MR) is 126 cm³/mol. The second-order valence-corrected chi connectivity index (χ2v) is 8.94. The average molecular weight is 606 g/mol. The number of hydrogen-bond donors (Lipinski definition) is 1. The lowest BCUT2D eigenvalue weighted by Crippen LogP contribution is -2.49. The summed E-state index contributed by atoms with van der Waals surface area (Å²) in [6.07, 6.45) is -4.89. The Morgan fingerprint density at radius 2 is 1.70 bits per heavy atom. The molecule has 0 radical (unpaired) electrons. The first kappa shape index (κ1) is 28.0. The second-order valence-electron chi connectivity index (χ2n) is 7.65. The molecule has 0 heterocycles. The van der Waals surface area contributed by atoms with E-state index in [0.29, 0.717) is 6.07 Å². The molecule has 194 valence electrons. The number of carbonyl (C=O) groups excluding carboxylic acids is 1. The second kappa shape index (κ2) is 11.2. The van der Waals surface area contributed by atoms with E-state index in [1.807, 2.05) is 6.07 Å². The van der Waals surface area contributed by atoms with Crippen LogP contribution in [0.4, 0.5) is 22.0 Å². The summed E-state index contributed by atoms with van der Waals surface area (Å²) in [5.41, 5.74) is -1.66. The summed E-state index contributed by atoms with van der Waals surface area (Å²) in [4.78, 5) is 12.6. The minimum Gasteiger partial charge on any atom is -0.486 e. The quantitative estimate of drug-likeness (QED) is 0.218. The molecule has 3 rings (SSSR count). The van der Waals surface area contributed by atoms with Crippen LogP contribution >= 0.6 is 27.5 Å². The number of alkyl halides is 3. The molecular formula is C24H15BrClF5N2O4. The van der Waals surface area contributed by atoms with Gasteiger partial charge in [-0.2, -0.15) is 5.26 Å². The van der Waals surface area contributed by atoms with E-state index >= 15 is 0 Å². The van der Waals surface area contributed by atoms with Crippen LogP contribution in [0.3, 0.4) is 0 Å². The summed E-state index contributed by atoms with van der Waals surface area (Å²) in [6, 6.07) is 11.8. The fraction of sp³-hybridized carbons (Fsp3) is 0.167. The van der Waals surface area contributed by atoms with Gasteiger partial charge in [0.1, 0.15) is 18.2 Å². The van der Waals surface area contributed by atoms with E-state index in [-0.39, 0.29) is 32.3 Å². The number of benzene rings is 3. The molecular weight excluding hydrogens is 591 g/mol. The topological polar surface area (TPSA) is 80.6 Å². The Balaban J connectivity index is 1.74. The van der Waals surface area contributed by atoms with Crippen molar-refractivity contribution in [2.45, 2.75) is 18.8 Å². The lowest BCUT2D eigenvalue weighted by Gasteiger charge is -2.24. The van der Waals surface area contributed by atoms with E-state index < -0.39 is 41.8 Å². The minimum absolute atomic E-state index is 0.0169. The van der Waals surface area contributed by atoms with Crippen LogP contribution < -0.4 is 19.5 Å². The van der Waals surface area contributed by atoms with E-state index in [2.05, 4.69) is 26.0 Å². The highest BCUT2D eigenvalue weighted by Gasteiger charge is 2.32. The van der Waals surface area contributed by atoms with E-state index in [1.165, 1.54) is 25.1 Å². The monoisotopic (exact) mass is 604 g/mol. The summed E-state index contributed by atoms with van der Waals surface area (Å²) in [6.45, 7) is 0.907. The first-order chi connectivity index (χ1) is 17.3. The number of nitrogens with zero attached hydrogens (tertiary/aromatic N) is 1. The van der Waals surface area contributed by atoms with Gasteiger partial charge in [0.05, 0.1) is 10.5 Å². The zero-order valence-electron chi connectivity index (χ0n) is 18.6. The molecule has 0 aliphatic heterocycles. The van der Waals surface area contributed by atoms with Crippen LogP contribution in [0.2, 0.25) is 5.02 Å². The van der Waals surface area contributed by atoms with Gasteiger partial charge < -0.3 is 19.5 Å². The third-order valence-electron chi connectivity index (χ3n) is 4.60. The molecule has 0 aliphatic rings. The van der Waals surface area contributed by atoms with E-state index in [1.54, 1.807) is 0 Å². The molecule has 0 aliphatic carbocycles. The van der Waals surface area contributed by atoms with Crippen LogP contribution in [-0.4, -0.2) is 24.4 Å². The van der Waals surface area contributed by atoms with Gasteiger partial charge in [0.15, 0.2) is 28.6 Å². The molecule has 6 nitrogen and oxygen atoms in total. The summed E-state index contributed by atoms with van der Waals surface area (Å²) in [5.74, 6) is -3.47. The number of ether oxygens (including phenoxy) is 3. The zero-order chi connectivity index (χ0) is 27.4. The van der Waals surface area contributed by atoms with Crippen LogP contribution in [0, 0.1) is 23.0 Å². The Bertz CT molecular complexity index is 1350. The molecule has 1 amide bonds. The Labute approximate surface area is 220 Å². The number of amides is 1. The molecule has 3 aromatic carbocycles. The average Bonchev–Trinajstić information content (AvgIpc) is 2.82. The number of rotatable bonds is 8. The summed E-state index contributed by atoms with van der Waals surface area (Å²) in [5, 5.41) is 12.3. The van der Waals surface area contributed by atoms with Crippen molar-refractivity contribution >= 4 is 33.4 Å². The van der Waals surface area contributed by atoms with Crippen molar-refractivity contribution in [3.63, 3.8) is 0 Å². The number of halogens is 7. The van der Waals surface area contributed by atoms with Crippen molar-refractivity contribution in [2.75, 3.05) is 6.61 Å².